The topological polar surface area (TPSA) is 91.2 Å². The zero-order valence-electron chi connectivity index (χ0n) is 16.9. The second kappa shape index (κ2) is 10.2. The predicted octanol–water partition coefficient (Wildman–Crippen LogP) is 3.83. The van der Waals surface area contributed by atoms with E-state index in [2.05, 4.69) is 43.3 Å². The Labute approximate surface area is 187 Å². The molecule has 10 heteroatoms. The Hall–Kier alpha value is -3.24. The van der Waals surface area contributed by atoms with E-state index in [9.17, 15) is 4.79 Å². The van der Waals surface area contributed by atoms with Crippen LogP contribution < -0.4 is 14.8 Å². The van der Waals surface area contributed by atoms with Crippen LogP contribution in [0.3, 0.4) is 0 Å². The first kappa shape index (κ1) is 21.0. The molecule has 0 radical (unpaired) electrons. The molecule has 160 valence electrons. The number of carbonyl (C=O) groups is 1. The van der Waals surface area contributed by atoms with E-state index in [1.807, 2.05) is 10.8 Å². The summed E-state index contributed by atoms with van der Waals surface area (Å²) in [5.74, 6) is 0.484. The molecule has 4 aromatic rings. The summed E-state index contributed by atoms with van der Waals surface area (Å²) in [5, 5.41) is 15.0. The van der Waals surface area contributed by atoms with E-state index in [0.29, 0.717) is 30.8 Å². The largest absolute Gasteiger partial charge is 0.477 e. The quantitative estimate of drug-likeness (QED) is 0.391. The minimum absolute atomic E-state index is 0.0378. The van der Waals surface area contributed by atoms with Crippen molar-refractivity contribution in [1.82, 2.24) is 19.7 Å². The Bertz CT molecular complexity index is 1050. The lowest BCUT2D eigenvalue weighted by Gasteiger charge is -2.10. The molecular formula is C21H21N5O3S2. The van der Waals surface area contributed by atoms with Gasteiger partial charge in [0.25, 0.3) is 5.91 Å². The molecule has 0 spiro atoms. The molecule has 0 saturated heterocycles. The number of rotatable bonds is 10. The van der Waals surface area contributed by atoms with Crippen molar-refractivity contribution in [3.8, 4) is 11.8 Å². The van der Waals surface area contributed by atoms with Gasteiger partial charge in [-0.25, -0.2) is 0 Å². The maximum atomic E-state index is 12.7. The van der Waals surface area contributed by atoms with E-state index in [0.717, 1.165) is 12.8 Å². The Balaban J connectivity index is 1.45. The van der Waals surface area contributed by atoms with Crippen LogP contribution in [-0.2, 0) is 19.9 Å². The second-order valence-corrected chi connectivity index (χ2v) is 8.22. The van der Waals surface area contributed by atoms with E-state index in [4.69, 9.17) is 9.47 Å². The Morgan fingerprint density at radius 1 is 1.00 bits per heavy atom. The van der Waals surface area contributed by atoms with Gasteiger partial charge in [-0.2, -0.15) is 37.7 Å². The highest BCUT2D eigenvalue weighted by atomic mass is 32.1. The molecule has 4 heterocycles. The number of amides is 1. The van der Waals surface area contributed by atoms with Crippen LogP contribution in [0.5, 0.6) is 11.8 Å². The molecule has 0 aliphatic carbocycles. The van der Waals surface area contributed by atoms with E-state index in [1.165, 1.54) is 11.1 Å². The van der Waals surface area contributed by atoms with Crippen LogP contribution in [0.25, 0.3) is 0 Å². The molecule has 0 bridgehead atoms. The first-order valence-electron chi connectivity index (χ1n) is 9.63. The van der Waals surface area contributed by atoms with E-state index in [1.54, 1.807) is 52.7 Å². The molecule has 0 atom stereocenters. The first-order chi connectivity index (χ1) is 15.2. The smallest absolute Gasteiger partial charge is 0.294 e. The molecule has 0 unspecified atom stereocenters. The van der Waals surface area contributed by atoms with Gasteiger partial charge < -0.3 is 14.8 Å². The third kappa shape index (κ3) is 6.12. The molecule has 31 heavy (non-hydrogen) atoms. The highest BCUT2D eigenvalue weighted by molar-refractivity contribution is 7.08. The maximum Gasteiger partial charge on any atom is 0.294 e. The minimum atomic E-state index is -0.482. The molecule has 0 aromatic carbocycles. The molecule has 0 saturated carbocycles. The number of anilines is 1. The maximum absolute atomic E-state index is 12.7. The summed E-state index contributed by atoms with van der Waals surface area (Å²) in [4.78, 5) is 21.2. The van der Waals surface area contributed by atoms with Gasteiger partial charge >= 0.3 is 0 Å². The number of ether oxygens (including phenoxy) is 2. The third-order valence-corrected chi connectivity index (χ3v) is 5.74. The van der Waals surface area contributed by atoms with Crippen molar-refractivity contribution in [1.29, 1.82) is 0 Å². The van der Waals surface area contributed by atoms with E-state index < -0.39 is 5.91 Å². The lowest BCUT2D eigenvalue weighted by molar-refractivity contribution is 0.101. The summed E-state index contributed by atoms with van der Waals surface area (Å²) >= 11 is 3.29. The molecule has 4 rings (SSSR count). The minimum Gasteiger partial charge on any atom is -0.477 e. The van der Waals surface area contributed by atoms with Crippen molar-refractivity contribution in [3.63, 3.8) is 0 Å². The third-order valence-electron chi connectivity index (χ3n) is 4.28. The predicted molar refractivity (Wildman–Crippen MR) is 120 cm³/mol. The van der Waals surface area contributed by atoms with E-state index >= 15 is 0 Å². The summed E-state index contributed by atoms with van der Waals surface area (Å²) in [6.45, 7) is 0.868. The van der Waals surface area contributed by atoms with Crippen LogP contribution in [0.2, 0.25) is 0 Å². The summed E-state index contributed by atoms with van der Waals surface area (Å²) in [7, 11) is 1.77. The number of aromatic nitrogens is 4. The molecule has 8 nitrogen and oxygen atoms in total. The van der Waals surface area contributed by atoms with Crippen molar-refractivity contribution in [3.05, 3.63) is 68.9 Å². The monoisotopic (exact) mass is 455 g/mol. The highest BCUT2D eigenvalue weighted by Crippen LogP contribution is 2.18. The van der Waals surface area contributed by atoms with E-state index in [-0.39, 0.29) is 5.82 Å². The van der Waals surface area contributed by atoms with Crippen molar-refractivity contribution < 1.29 is 14.3 Å². The number of carbonyl (C=O) groups excluding carboxylic acids is 1. The van der Waals surface area contributed by atoms with Crippen LogP contribution in [0.4, 0.5) is 5.82 Å². The molecule has 1 amide bonds. The van der Waals surface area contributed by atoms with Crippen molar-refractivity contribution in [2.75, 3.05) is 18.5 Å². The van der Waals surface area contributed by atoms with Gasteiger partial charge in [-0.15, -0.1) is 0 Å². The molecule has 4 aromatic heterocycles. The fourth-order valence-electron chi connectivity index (χ4n) is 2.72. The molecular weight excluding hydrogens is 434 g/mol. The zero-order chi connectivity index (χ0) is 21.5. The van der Waals surface area contributed by atoms with Gasteiger partial charge in [0.05, 0.1) is 19.3 Å². The summed E-state index contributed by atoms with van der Waals surface area (Å²) in [6, 6.07) is 7.41. The second-order valence-electron chi connectivity index (χ2n) is 6.66. The van der Waals surface area contributed by atoms with Crippen LogP contribution in [0.15, 0.2) is 52.0 Å². The number of nitrogens with zero attached hydrogens (tertiary/aromatic N) is 4. The highest BCUT2D eigenvalue weighted by Gasteiger charge is 2.16. The number of nitrogens with one attached hydrogen (secondary N) is 1. The molecule has 0 aliphatic heterocycles. The lowest BCUT2D eigenvalue weighted by Crippen LogP contribution is -2.18. The Morgan fingerprint density at radius 2 is 1.61 bits per heavy atom. The SMILES string of the molecule is Cn1ccc(NC(=O)c2nc(OCCc3ccsc3)cc(OCCc3ccsc3)n2)n1. The molecule has 1 N–H and O–H groups in total. The number of thiophene rings is 2. The number of aryl methyl sites for hydroxylation is 1. The van der Waals surface area contributed by atoms with Crippen LogP contribution in [-0.4, -0.2) is 38.9 Å². The average Bonchev–Trinajstić information content (AvgIpc) is 3.52. The normalized spacial score (nSPS) is 10.7. The molecule has 0 fully saturated rings. The van der Waals surface area contributed by atoms with Gasteiger partial charge in [0.15, 0.2) is 5.82 Å². The fraction of sp³-hybridized carbons (Fsp3) is 0.238. The standard InChI is InChI=1S/C21H21N5O3S2/c1-26-7-2-17(25-26)22-21(27)20-23-18(28-8-3-15-5-10-30-13-15)12-19(24-20)29-9-4-16-6-11-31-14-16/h2,5-7,10-14H,3-4,8-9H2,1H3,(H,22,25,27). The van der Waals surface area contributed by atoms with Gasteiger partial charge in [-0.05, 0) is 44.8 Å². The van der Waals surface area contributed by atoms with Crippen LogP contribution >= 0.6 is 22.7 Å². The van der Waals surface area contributed by atoms with Gasteiger partial charge in [-0.3, -0.25) is 9.48 Å². The van der Waals surface area contributed by atoms with Crippen LogP contribution in [0.1, 0.15) is 21.7 Å². The average molecular weight is 456 g/mol. The zero-order valence-corrected chi connectivity index (χ0v) is 18.5. The van der Waals surface area contributed by atoms with Crippen molar-refractivity contribution >= 4 is 34.4 Å². The molecule has 0 aliphatic rings. The Morgan fingerprint density at radius 3 is 2.10 bits per heavy atom. The lowest BCUT2D eigenvalue weighted by atomic mass is 10.2. The summed E-state index contributed by atoms with van der Waals surface area (Å²) in [6.07, 6.45) is 3.23. The van der Waals surface area contributed by atoms with Crippen LogP contribution in [0, 0.1) is 0 Å². The Kier molecular flexibility index (Phi) is 6.90. The number of hydrogen-bond acceptors (Lipinski definition) is 8. The summed E-state index contributed by atoms with van der Waals surface area (Å²) in [5.41, 5.74) is 2.39. The number of hydrogen-bond donors (Lipinski definition) is 1. The van der Waals surface area contributed by atoms with Gasteiger partial charge in [0, 0.05) is 32.2 Å². The first-order valence-corrected chi connectivity index (χ1v) is 11.5. The van der Waals surface area contributed by atoms with Crippen molar-refractivity contribution in [2.24, 2.45) is 7.05 Å². The van der Waals surface area contributed by atoms with Gasteiger partial charge in [0.2, 0.25) is 17.6 Å². The fourth-order valence-corrected chi connectivity index (χ4v) is 4.13. The van der Waals surface area contributed by atoms with Crippen molar-refractivity contribution in [2.45, 2.75) is 12.8 Å². The van der Waals surface area contributed by atoms with Gasteiger partial charge in [-0.1, -0.05) is 0 Å². The summed E-state index contributed by atoms with van der Waals surface area (Å²) < 4.78 is 13.2. The van der Waals surface area contributed by atoms with Gasteiger partial charge in [0.1, 0.15) is 0 Å².